The Morgan fingerprint density at radius 2 is 1.96 bits per heavy atom. The minimum atomic E-state index is -0.361. The van der Waals surface area contributed by atoms with Crippen molar-refractivity contribution in [2.45, 2.75) is 20.4 Å². The van der Waals surface area contributed by atoms with E-state index in [0.29, 0.717) is 21.6 Å². The second kappa shape index (κ2) is 8.47. The maximum atomic E-state index is 13.1. The molecule has 1 amide bonds. The maximum absolute atomic E-state index is 13.1. The largest absolute Gasteiger partial charge is 0.439 e. The molecule has 0 bridgehead atoms. The third-order valence-corrected chi connectivity index (χ3v) is 4.88. The van der Waals surface area contributed by atoms with Crippen LogP contribution in [0.1, 0.15) is 27.0 Å². The number of carbonyl (C=O) groups is 1. The van der Waals surface area contributed by atoms with E-state index in [1.165, 1.54) is 18.2 Å². The van der Waals surface area contributed by atoms with Crippen LogP contribution in [0.3, 0.4) is 0 Å². The van der Waals surface area contributed by atoms with E-state index in [4.69, 9.17) is 4.74 Å². The minimum Gasteiger partial charge on any atom is -0.439 e. The predicted molar refractivity (Wildman–Crippen MR) is 111 cm³/mol. The summed E-state index contributed by atoms with van der Waals surface area (Å²) in [5, 5.41) is 2.81. The molecule has 0 aliphatic rings. The van der Waals surface area contributed by atoms with E-state index in [-0.39, 0.29) is 11.7 Å². The number of amides is 1. The van der Waals surface area contributed by atoms with Gasteiger partial charge in [-0.25, -0.2) is 9.37 Å². The molecule has 0 radical (unpaired) electrons. The van der Waals surface area contributed by atoms with Crippen molar-refractivity contribution >= 4 is 28.5 Å². The summed E-state index contributed by atoms with van der Waals surface area (Å²) in [6.07, 6.45) is 1.66. The Balaban J connectivity index is 1.62. The third kappa shape index (κ3) is 5.03. The van der Waals surface area contributed by atoms with E-state index in [9.17, 15) is 9.18 Å². The van der Waals surface area contributed by atoms with Gasteiger partial charge in [0.25, 0.3) is 5.91 Å². The van der Waals surface area contributed by atoms with Crippen molar-refractivity contribution in [1.29, 1.82) is 0 Å². The van der Waals surface area contributed by atoms with Crippen molar-refractivity contribution in [3.05, 3.63) is 86.4 Å². The SMILES string of the molecule is Cc1ccc(C)c(Oc2ccc(CNC(=O)c3ccc(F)cc3I)cn2)c1. The number of nitrogens with one attached hydrogen (secondary N) is 1. The molecule has 0 fully saturated rings. The van der Waals surface area contributed by atoms with E-state index in [1.807, 2.05) is 60.7 Å². The summed E-state index contributed by atoms with van der Waals surface area (Å²) in [6.45, 7) is 4.31. The number of aryl methyl sites for hydroxylation is 2. The van der Waals surface area contributed by atoms with Crippen LogP contribution in [0.5, 0.6) is 11.6 Å². The molecule has 4 nitrogen and oxygen atoms in total. The lowest BCUT2D eigenvalue weighted by Crippen LogP contribution is -2.23. The number of rotatable bonds is 5. The zero-order valence-electron chi connectivity index (χ0n) is 14.9. The molecule has 2 aromatic carbocycles. The summed E-state index contributed by atoms with van der Waals surface area (Å²) >= 11 is 1.95. The Labute approximate surface area is 170 Å². The molecule has 0 aliphatic carbocycles. The van der Waals surface area contributed by atoms with E-state index >= 15 is 0 Å². The monoisotopic (exact) mass is 476 g/mol. The second-order valence-electron chi connectivity index (χ2n) is 6.18. The minimum absolute atomic E-state index is 0.255. The van der Waals surface area contributed by atoms with Crippen LogP contribution in [-0.4, -0.2) is 10.9 Å². The fraction of sp³-hybridized carbons (Fsp3) is 0.143. The van der Waals surface area contributed by atoms with E-state index in [1.54, 1.807) is 12.3 Å². The first-order valence-corrected chi connectivity index (χ1v) is 9.43. The molecule has 3 aromatic rings. The fourth-order valence-corrected chi connectivity index (χ4v) is 3.18. The zero-order chi connectivity index (χ0) is 19.4. The molecule has 1 heterocycles. The van der Waals surface area contributed by atoms with Gasteiger partial charge in [-0.2, -0.15) is 0 Å². The molecule has 138 valence electrons. The molecule has 27 heavy (non-hydrogen) atoms. The highest BCUT2D eigenvalue weighted by atomic mass is 127. The summed E-state index contributed by atoms with van der Waals surface area (Å²) in [6, 6.07) is 13.7. The molecule has 0 saturated carbocycles. The highest BCUT2D eigenvalue weighted by molar-refractivity contribution is 14.1. The standard InChI is InChI=1S/C21H18FIN2O2/c1-13-3-4-14(2)19(9-13)27-20-8-5-15(11-24-20)12-25-21(26)17-7-6-16(22)10-18(17)23/h3-11H,12H2,1-2H3,(H,25,26). The van der Waals surface area contributed by atoms with Gasteiger partial charge in [-0.15, -0.1) is 0 Å². The molecule has 1 N–H and O–H groups in total. The summed E-state index contributed by atoms with van der Waals surface area (Å²) < 4.78 is 19.5. The third-order valence-electron chi connectivity index (χ3n) is 3.98. The van der Waals surface area contributed by atoms with Crippen molar-refractivity contribution in [3.63, 3.8) is 0 Å². The van der Waals surface area contributed by atoms with Crippen LogP contribution in [0.2, 0.25) is 0 Å². The molecule has 3 rings (SSSR count). The first-order valence-electron chi connectivity index (χ1n) is 8.35. The average Bonchev–Trinajstić information content (AvgIpc) is 2.64. The molecule has 0 unspecified atom stereocenters. The number of carbonyl (C=O) groups excluding carboxylic acids is 1. The number of nitrogens with zero attached hydrogens (tertiary/aromatic N) is 1. The normalized spacial score (nSPS) is 10.5. The Hall–Kier alpha value is -2.48. The number of hydrogen-bond acceptors (Lipinski definition) is 3. The molecule has 0 atom stereocenters. The zero-order valence-corrected chi connectivity index (χ0v) is 17.1. The number of halogens is 2. The Kier molecular flexibility index (Phi) is 6.05. The lowest BCUT2D eigenvalue weighted by molar-refractivity contribution is 0.0950. The number of ether oxygens (including phenoxy) is 1. The topological polar surface area (TPSA) is 51.2 Å². The van der Waals surface area contributed by atoms with Crippen molar-refractivity contribution in [1.82, 2.24) is 10.3 Å². The van der Waals surface area contributed by atoms with Gasteiger partial charge >= 0.3 is 0 Å². The molecule has 6 heteroatoms. The molecule has 0 saturated heterocycles. The van der Waals surface area contributed by atoms with Gasteiger partial charge < -0.3 is 10.1 Å². The maximum Gasteiger partial charge on any atom is 0.252 e. The highest BCUT2D eigenvalue weighted by Gasteiger charge is 2.10. The van der Waals surface area contributed by atoms with Gasteiger partial charge in [0.05, 0.1) is 5.56 Å². The van der Waals surface area contributed by atoms with Gasteiger partial charge in [-0.1, -0.05) is 18.2 Å². The highest BCUT2D eigenvalue weighted by Crippen LogP contribution is 2.24. The van der Waals surface area contributed by atoms with Crippen LogP contribution in [0.15, 0.2) is 54.7 Å². The smallest absolute Gasteiger partial charge is 0.252 e. The molecule has 0 spiro atoms. The van der Waals surface area contributed by atoms with Gasteiger partial charge in [0.1, 0.15) is 11.6 Å². The van der Waals surface area contributed by atoms with Crippen LogP contribution in [0.25, 0.3) is 0 Å². The van der Waals surface area contributed by atoms with Crippen LogP contribution >= 0.6 is 22.6 Å². The first-order chi connectivity index (χ1) is 12.9. The Morgan fingerprint density at radius 1 is 1.15 bits per heavy atom. The van der Waals surface area contributed by atoms with Crippen molar-refractivity contribution in [2.75, 3.05) is 0 Å². The van der Waals surface area contributed by atoms with Crippen molar-refractivity contribution < 1.29 is 13.9 Å². The van der Waals surface area contributed by atoms with E-state index < -0.39 is 0 Å². The van der Waals surface area contributed by atoms with Gasteiger partial charge in [-0.05, 0) is 77.4 Å². The van der Waals surface area contributed by atoms with Crippen LogP contribution in [-0.2, 0) is 6.54 Å². The molecular weight excluding hydrogens is 458 g/mol. The first kappa shape index (κ1) is 19.3. The number of hydrogen-bond donors (Lipinski definition) is 1. The number of aromatic nitrogens is 1. The quantitative estimate of drug-likeness (QED) is 0.518. The summed E-state index contributed by atoms with van der Waals surface area (Å²) in [4.78, 5) is 16.5. The summed E-state index contributed by atoms with van der Waals surface area (Å²) in [5.41, 5.74) is 3.44. The summed E-state index contributed by atoms with van der Waals surface area (Å²) in [7, 11) is 0. The van der Waals surface area contributed by atoms with Crippen LogP contribution in [0.4, 0.5) is 4.39 Å². The van der Waals surface area contributed by atoms with Gasteiger partial charge in [-0.3, -0.25) is 4.79 Å². The Bertz CT molecular complexity index is 974. The molecule has 1 aromatic heterocycles. The molecule has 0 aliphatic heterocycles. The Morgan fingerprint density at radius 3 is 2.67 bits per heavy atom. The van der Waals surface area contributed by atoms with Crippen LogP contribution < -0.4 is 10.1 Å². The fourth-order valence-electron chi connectivity index (χ4n) is 2.46. The second-order valence-corrected chi connectivity index (χ2v) is 7.34. The number of pyridine rings is 1. The number of benzene rings is 2. The molecular formula is C21H18FIN2O2. The lowest BCUT2D eigenvalue weighted by atomic mass is 10.1. The van der Waals surface area contributed by atoms with Gasteiger partial charge in [0, 0.05) is 22.4 Å². The average molecular weight is 476 g/mol. The lowest BCUT2D eigenvalue weighted by Gasteiger charge is -2.10. The van der Waals surface area contributed by atoms with E-state index in [0.717, 1.165) is 22.4 Å². The van der Waals surface area contributed by atoms with Gasteiger partial charge in [0.2, 0.25) is 5.88 Å². The van der Waals surface area contributed by atoms with E-state index in [2.05, 4.69) is 10.3 Å². The van der Waals surface area contributed by atoms with Crippen molar-refractivity contribution in [2.24, 2.45) is 0 Å². The van der Waals surface area contributed by atoms with Gasteiger partial charge in [0.15, 0.2) is 0 Å². The summed E-state index contributed by atoms with van der Waals surface area (Å²) in [5.74, 6) is 0.649. The van der Waals surface area contributed by atoms with Crippen LogP contribution in [0, 0.1) is 23.2 Å². The van der Waals surface area contributed by atoms with Crippen molar-refractivity contribution in [3.8, 4) is 11.6 Å². The predicted octanol–water partition coefficient (Wildman–Crippen LogP) is 5.16.